The van der Waals surface area contributed by atoms with Crippen LogP contribution in [-0.2, 0) is 9.59 Å². The number of halogens is 1. The number of rotatable bonds is 8. The molecule has 0 saturated heterocycles. The summed E-state index contributed by atoms with van der Waals surface area (Å²) in [4.78, 5) is 35.7. The fraction of sp³-hybridized carbons (Fsp3) is 0.150. The van der Waals surface area contributed by atoms with Gasteiger partial charge in [-0.3, -0.25) is 9.59 Å². The van der Waals surface area contributed by atoms with E-state index in [1.807, 2.05) is 0 Å². The Bertz CT molecular complexity index is 894. The quantitative estimate of drug-likeness (QED) is 0.598. The van der Waals surface area contributed by atoms with Gasteiger partial charge in [0.25, 0.3) is 11.8 Å². The van der Waals surface area contributed by atoms with Gasteiger partial charge in [-0.1, -0.05) is 40.2 Å². The summed E-state index contributed by atoms with van der Waals surface area (Å²) in [7, 11) is 1.44. The molecule has 0 unspecified atom stereocenters. The minimum Gasteiger partial charge on any atom is -0.550 e. The molecule has 2 rings (SSSR count). The molecular weight excluding hydrogens is 428 g/mol. The van der Waals surface area contributed by atoms with Gasteiger partial charge in [-0.25, -0.2) is 0 Å². The van der Waals surface area contributed by atoms with Gasteiger partial charge in [-0.2, -0.15) is 0 Å². The maximum absolute atomic E-state index is 12.6. The normalized spacial score (nSPS) is 10.9. The van der Waals surface area contributed by atoms with Gasteiger partial charge in [0.05, 0.1) is 12.7 Å². The van der Waals surface area contributed by atoms with E-state index in [1.165, 1.54) is 13.2 Å². The fourth-order valence-electron chi connectivity index (χ4n) is 2.28. The Morgan fingerprint density at radius 2 is 1.79 bits per heavy atom. The predicted octanol–water partition coefficient (Wildman–Crippen LogP) is 1.48. The molecule has 146 valence electrons. The van der Waals surface area contributed by atoms with Gasteiger partial charge in [-0.15, -0.1) is 0 Å². The minimum atomic E-state index is -1.28. The van der Waals surface area contributed by atoms with E-state index in [0.717, 1.165) is 4.47 Å². The summed E-state index contributed by atoms with van der Waals surface area (Å²) in [6.45, 7) is -0.122. The Hall–Kier alpha value is -3.13. The van der Waals surface area contributed by atoms with Crippen LogP contribution in [0.2, 0.25) is 0 Å². The first-order valence-electron chi connectivity index (χ1n) is 8.30. The second-order valence-electron chi connectivity index (χ2n) is 5.64. The van der Waals surface area contributed by atoms with Crippen molar-refractivity contribution < 1.29 is 24.2 Å². The Morgan fingerprint density at radius 3 is 2.43 bits per heavy atom. The Kier molecular flexibility index (Phi) is 7.76. The van der Waals surface area contributed by atoms with Crippen molar-refractivity contribution >= 4 is 39.8 Å². The Morgan fingerprint density at radius 1 is 1.11 bits per heavy atom. The summed E-state index contributed by atoms with van der Waals surface area (Å²) in [5, 5.41) is 15.6. The number of carboxylic acids is 1. The molecule has 2 amide bonds. The van der Waals surface area contributed by atoms with Crippen molar-refractivity contribution in [2.45, 2.75) is 6.42 Å². The molecular formula is C20H18BrN2O5-. The van der Waals surface area contributed by atoms with Gasteiger partial charge < -0.3 is 25.3 Å². The number of hydrogen-bond acceptors (Lipinski definition) is 5. The third-order valence-corrected chi connectivity index (χ3v) is 4.17. The van der Waals surface area contributed by atoms with Crippen molar-refractivity contribution in [3.05, 3.63) is 69.8 Å². The average Bonchev–Trinajstić information content (AvgIpc) is 2.68. The van der Waals surface area contributed by atoms with Crippen molar-refractivity contribution in [2.24, 2.45) is 0 Å². The summed E-state index contributed by atoms with van der Waals surface area (Å²) in [6.07, 6.45) is 1.16. The molecule has 2 aromatic rings. The maximum Gasteiger partial charge on any atom is 0.267 e. The summed E-state index contributed by atoms with van der Waals surface area (Å²) in [6, 6.07) is 13.7. The number of carboxylic acid groups (broad SMARTS) is 1. The zero-order valence-corrected chi connectivity index (χ0v) is 16.6. The number of para-hydroxylation sites is 1. The number of amides is 2. The lowest BCUT2D eigenvalue weighted by molar-refractivity contribution is -0.305. The molecule has 0 spiro atoms. The number of carbonyl (C=O) groups is 3. The number of benzene rings is 2. The SMILES string of the molecule is COc1ccccc1C(=O)N/C(=C/c1ccc(Br)cc1)C(=O)NCCC(=O)[O-]. The number of ether oxygens (including phenoxy) is 1. The second-order valence-corrected chi connectivity index (χ2v) is 6.56. The van der Waals surface area contributed by atoms with Crippen molar-refractivity contribution in [2.75, 3.05) is 13.7 Å². The molecule has 0 atom stereocenters. The lowest BCUT2D eigenvalue weighted by Gasteiger charge is -2.13. The van der Waals surface area contributed by atoms with Gasteiger partial charge in [0.2, 0.25) is 0 Å². The van der Waals surface area contributed by atoms with Gasteiger partial charge in [0.15, 0.2) is 0 Å². The molecule has 0 aliphatic carbocycles. The van der Waals surface area contributed by atoms with E-state index in [9.17, 15) is 19.5 Å². The lowest BCUT2D eigenvalue weighted by atomic mass is 10.1. The second kappa shape index (κ2) is 10.3. The van der Waals surface area contributed by atoms with E-state index < -0.39 is 17.8 Å². The zero-order chi connectivity index (χ0) is 20.5. The topological polar surface area (TPSA) is 108 Å². The largest absolute Gasteiger partial charge is 0.550 e. The Balaban J connectivity index is 2.26. The van der Waals surface area contributed by atoms with Crippen molar-refractivity contribution in [3.63, 3.8) is 0 Å². The predicted molar refractivity (Wildman–Crippen MR) is 105 cm³/mol. The number of nitrogens with one attached hydrogen (secondary N) is 2. The van der Waals surface area contributed by atoms with Crippen molar-refractivity contribution in [1.29, 1.82) is 0 Å². The first-order chi connectivity index (χ1) is 13.4. The highest BCUT2D eigenvalue weighted by atomic mass is 79.9. The van der Waals surface area contributed by atoms with Crippen LogP contribution in [0.3, 0.4) is 0 Å². The van der Waals surface area contributed by atoms with Crippen LogP contribution in [0.15, 0.2) is 58.7 Å². The molecule has 2 N–H and O–H groups in total. The van der Waals surface area contributed by atoms with E-state index in [1.54, 1.807) is 48.5 Å². The third-order valence-electron chi connectivity index (χ3n) is 3.64. The number of carbonyl (C=O) groups excluding carboxylic acids is 3. The molecule has 0 aliphatic rings. The highest BCUT2D eigenvalue weighted by molar-refractivity contribution is 9.10. The third kappa shape index (κ3) is 6.24. The first kappa shape index (κ1) is 21.2. The molecule has 0 aliphatic heterocycles. The van der Waals surface area contributed by atoms with E-state index >= 15 is 0 Å². The molecule has 0 heterocycles. The van der Waals surface area contributed by atoms with Crippen LogP contribution in [0, 0.1) is 0 Å². The van der Waals surface area contributed by atoms with Crippen LogP contribution < -0.4 is 20.5 Å². The highest BCUT2D eigenvalue weighted by Gasteiger charge is 2.17. The lowest BCUT2D eigenvalue weighted by Crippen LogP contribution is -2.37. The van der Waals surface area contributed by atoms with Crippen LogP contribution in [0.25, 0.3) is 6.08 Å². The molecule has 28 heavy (non-hydrogen) atoms. The molecule has 0 aromatic heterocycles. The van der Waals surface area contributed by atoms with E-state index in [-0.39, 0.29) is 24.2 Å². The minimum absolute atomic E-state index is 0.0309. The summed E-state index contributed by atoms with van der Waals surface area (Å²) < 4.78 is 6.04. The van der Waals surface area contributed by atoms with Crippen LogP contribution in [0.1, 0.15) is 22.3 Å². The van der Waals surface area contributed by atoms with E-state index in [0.29, 0.717) is 11.3 Å². The zero-order valence-electron chi connectivity index (χ0n) is 15.0. The first-order valence-corrected chi connectivity index (χ1v) is 9.09. The van der Waals surface area contributed by atoms with Gasteiger partial charge in [0, 0.05) is 23.4 Å². The fourth-order valence-corrected chi connectivity index (χ4v) is 2.54. The van der Waals surface area contributed by atoms with Crippen LogP contribution in [-0.4, -0.2) is 31.4 Å². The molecule has 0 saturated carbocycles. The van der Waals surface area contributed by atoms with Crippen molar-refractivity contribution in [1.82, 2.24) is 10.6 Å². The van der Waals surface area contributed by atoms with Gasteiger partial charge in [-0.05, 0) is 35.9 Å². The number of methoxy groups -OCH3 is 1. The smallest absolute Gasteiger partial charge is 0.267 e. The standard InChI is InChI=1S/C20H19BrN2O5/c1-28-17-5-3-2-4-15(17)19(26)23-16(20(27)22-11-10-18(24)25)12-13-6-8-14(21)9-7-13/h2-9,12H,10-11H2,1H3,(H,22,27)(H,23,26)(H,24,25)/p-1/b16-12+. The molecule has 2 aromatic carbocycles. The van der Waals surface area contributed by atoms with Crippen molar-refractivity contribution in [3.8, 4) is 5.75 Å². The van der Waals surface area contributed by atoms with Crippen LogP contribution in [0.4, 0.5) is 0 Å². The van der Waals surface area contributed by atoms with Gasteiger partial charge in [0.1, 0.15) is 11.4 Å². The highest BCUT2D eigenvalue weighted by Crippen LogP contribution is 2.18. The number of aliphatic carboxylic acids is 1. The molecule has 8 heteroatoms. The summed E-state index contributed by atoms with van der Waals surface area (Å²) >= 11 is 3.33. The molecule has 7 nitrogen and oxygen atoms in total. The van der Waals surface area contributed by atoms with Crippen LogP contribution >= 0.6 is 15.9 Å². The monoisotopic (exact) mass is 445 g/mol. The maximum atomic E-state index is 12.6. The molecule has 0 fully saturated rings. The van der Waals surface area contributed by atoms with Crippen LogP contribution in [0.5, 0.6) is 5.75 Å². The molecule has 0 radical (unpaired) electrons. The summed E-state index contributed by atoms with van der Waals surface area (Å²) in [5.74, 6) is -2.07. The van der Waals surface area contributed by atoms with E-state index in [2.05, 4.69) is 26.6 Å². The average molecular weight is 446 g/mol. The van der Waals surface area contributed by atoms with E-state index in [4.69, 9.17) is 4.74 Å². The van der Waals surface area contributed by atoms with Gasteiger partial charge >= 0.3 is 0 Å². The Labute approximate surface area is 170 Å². The number of hydrogen-bond donors (Lipinski definition) is 2. The summed E-state index contributed by atoms with van der Waals surface area (Å²) in [5.41, 5.74) is 0.902. The molecule has 0 bridgehead atoms.